The maximum atomic E-state index is 12.1. The first-order valence-corrected chi connectivity index (χ1v) is 10.3. The predicted molar refractivity (Wildman–Crippen MR) is 107 cm³/mol. The van der Waals surface area contributed by atoms with E-state index in [9.17, 15) is 25.9 Å². The third-order valence-corrected chi connectivity index (χ3v) is 5.77. The van der Waals surface area contributed by atoms with Gasteiger partial charge in [-0.05, 0) is 22.8 Å². The molecule has 0 aliphatic carbocycles. The van der Waals surface area contributed by atoms with Gasteiger partial charge in [-0.1, -0.05) is 66.7 Å². The highest BCUT2D eigenvalue weighted by Crippen LogP contribution is 2.40. The van der Waals surface area contributed by atoms with Crippen LogP contribution in [0.3, 0.4) is 0 Å². The van der Waals surface area contributed by atoms with Gasteiger partial charge in [0, 0.05) is 5.56 Å². The van der Waals surface area contributed by atoms with Crippen molar-refractivity contribution in [2.45, 2.75) is 9.79 Å². The Balaban J connectivity index is 0.00000196. The van der Waals surface area contributed by atoms with Gasteiger partial charge < -0.3 is 12.3 Å². The van der Waals surface area contributed by atoms with E-state index < -0.39 is 30.0 Å². The van der Waals surface area contributed by atoms with Crippen LogP contribution >= 0.6 is 0 Å². The van der Waals surface area contributed by atoms with Gasteiger partial charge in [-0.15, -0.1) is 0 Å². The molecule has 3 aromatic carbocycles. The SMILES string of the molecule is N.N.O=S(=O)(O)c1ccc(-c2ccccc2)c(-c2ccccc2)c1S(=O)(=O)O. The summed E-state index contributed by atoms with van der Waals surface area (Å²) >= 11 is 0. The molecule has 0 bridgehead atoms. The van der Waals surface area contributed by atoms with Crippen LogP contribution in [0.25, 0.3) is 22.3 Å². The van der Waals surface area contributed by atoms with Crippen LogP contribution in [-0.4, -0.2) is 25.9 Å². The summed E-state index contributed by atoms with van der Waals surface area (Å²) in [6.45, 7) is 0. The molecule has 8 nitrogen and oxygen atoms in total. The lowest BCUT2D eigenvalue weighted by molar-refractivity contribution is 0.467. The summed E-state index contributed by atoms with van der Waals surface area (Å²) in [5, 5.41) is 0. The molecule has 0 aliphatic heterocycles. The molecule has 0 atom stereocenters. The molecule has 0 fully saturated rings. The number of hydrogen-bond donors (Lipinski definition) is 4. The van der Waals surface area contributed by atoms with E-state index >= 15 is 0 Å². The van der Waals surface area contributed by atoms with Crippen molar-refractivity contribution in [3.63, 3.8) is 0 Å². The van der Waals surface area contributed by atoms with Crippen molar-refractivity contribution in [3.8, 4) is 22.3 Å². The molecule has 0 spiro atoms. The minimum Gasteiger partial charge on any atom is -0.344 e. The van der Waals surface area contributed by atoms with Crippen molar-refractivity contribution >= 4 is 20.2 Å². The molecule has 10 heteroatoms. The Morgan fingerprint density at radius 3 is 1.46 bits per heavy atom. The fraction of sp³-hybridized carbons (Fsp3) is 0. The fourth-order valence-electron chi connectivity index (χ4n) is 2.77. The van der Waals surface area contributed by atoms with Crippen LogP contribution in [0.2, 0.25) is 0 Å². The van der Waals surface area contributed by atoms with Crippen molar-refractivity contribution in [2.75, 3.05) is 0 Å². The van der Waals surface area contributed by atoms with Crippen LogP contribution in [0.5, 0.6) is 0 Å². The smallest absolute Gasteiger partial charge is 0.296 e. The van der Waals surface area contributed by atoms with Crippen LogP contribution in [0.1, 0.15) is 0 Å². The Bertz CT molecular complexity index is 1160. The van der Waals surface area contributed by atoms with Gasteiger partial charge in [-0.3, -0.25) is 9.11 Å². The molecule has 150 valence electrons. The van der Waals surface area contributed by atoms with Crippen molar-refractivity contribution in [1.29, 1.82) is 0 Å². The largest absolute Gasteiger partial charge is 0.344 e. The first-order chi connectivity index (χ1) is 12.2. The van der Waals surface area contributed by atoms with E-state index in [1.165, 1.54) is 6.07 Å². The lowest BCUT2D eigenvalue weighted by atomic mass is 9.94. The quantitative estimate of drug-likeness (QED) is 0.456. The summed E-state index contributed by atoms with van der Waals surface area (Å²) in [4.78, 5) is -1.73. The van der Waals surface area contributed by atoms with Gasteiger partial charge in [0.2, 0.25) is 0 Å². The zero-order valence-corrected chi connectivity index (χ0v) is 16.3. The number of rotatable bonds is 4. The van der Waals surface area contributed by atoms with Gasteiger partial charge >= 0.3 is 0 Å². The van der Waals surface area contributed by atoms with Crippen molar-refractivity contribution in [3.05, 3.63) is 72.8 Å². The van der Waals surface area contributed by atoms with E-state index in [0.717, 1.165) is 6.07 Å². The Hall–Kier alpha value is -2.60. The second kappa shape index (κ2) is 8.61. The predicted octanol–water partition coefficient (Wildman–Crippen LogP) is 3.84. The molecule has 0 aromatic heterocycles. The summed E-state index contributed by atoms with van der Waals surface area (Å²) in [6, 6.07) is 19.3. The van der Waals surface area contributed by atoms with Crippen molar-refractivity contribution < 1.29 is 25.9 Å². The average Bonchev–Trinajstić information content (AvgIpc) is 2.60. The maximum absolute atomic E-state index is 12.1. The van der Waals surface area contributed by atoms with Gasteiger partial charge in [-0.2, -0.15) is 16.8 Å². The van der Waals surface area contributed by atoms with Crippen LogP contribution in [0.15, 0.2) is 82.6 Å². The van der Waals surface area contributed by atoms with E-state index in [0.29, 0.717) is 16.7 Å². The van der Waals surface area contributed by atoms with Gasteiger partial charge in [0.15, 0.2) is 0 Å². The minimum absolute atomic E-state index is 0. The molecule has 3 aromatic rings. The lowest BCUT2D eigenvalue weighted by Crippen LogP contribution is -2.11. The Morgan fingerprint density at radius 1 is 0.571 bits per heavy atom. The summed E-state index contributed by atoms with van der Waals surface area (Å²) in [5.74, 6) is 0. The maximum Gasteiger partial charge on any atom is 0.296 e. The second-order valence-corrected chi connectivity index (χ2v) is 8.25. The highest BCUT2D eigenvalue weighted by molar-refractivity contribution is 7.89. The highest BCUT2D eigenvalue weighted by Gasteiger charge is 2.30. The Morgan fingerprint density at radius 2 is 1.04 bits per heavy atom. The third-order valence-electron chi connectivity index (χ3n) is 3.80. The molecule has 0 heterocycles. The minimum atomic E-state index is -4.97. The van der Waals surface area contributed by atoms with E-state index in [1.54, 1.807) is 60.7 Å². The van der Waals surface area contributed by atoms with Gasteiger partial charge in [0.25, 0.3) is 20.2 Å². The van der Waals surface area contributed by atoms with E-state index in [1.807, 2.05) is 0 Å². The third kappa shape index (κ3) is 4.62. The van der Waals surface area contributed by atoms with Crippen molar-refractivity contribution in [2.24, 2.45) is 0 Å². The summed E-state index contributed by atoms with van der Waals surface area (Å²) in [7, 11) is -9.85. The molecule has 0 amide bonds. The van der Waals surface area contributed by atoms with Gasteiger partial charge in [-0.25, -0.2) is 0 Å². The standard InChI is InChI=1S/C18H14O6S2.2H3N/c19-25(20,21)16-12-11-15(13-7-3-1-4-8-13)17(18(16)26(22,23)24)14-9-5-2-6-10-14;;/h1-12H,(H,19,20,21)(H,22,23,24);2*1H3. The zero-order chi connectivity index (χ0) is 18.9. The first kappa shape index (κ1) is 23.4. The zero-order valence-electron chi connectivity index (χ0n) is 14.7. The summed E-state index contributed by atoms with van der Waals surface area (Å²) in [6.07, 6.45) is 0. The molecule has 0 unspecified atom stereocenters. The number of benzene rings is 3. The summed E-state index contributed by atoms with van der Waals surface area (Å²) < 4.78 is 66.7. The molecule has 0 radical (unpaired) electrons. The molecule has 0 saturated heterocycles. The lowest BCUT2D eigenvalue weighted by Gasteiger charge is -2.16. The molecule has 0 aliphatic rings. The molecule has 28 heavy (non-hydrogen) atoms. The number of hydrogen-bond acceptors (Lipinski definition) is 6. The molecule has 8 N–H and O–H groups in total. The molecular formula is C18H20N2O6S2. The fourth-order valence-corrected chi connectivity index (χ4v) is 4.79. The van der Waals surface area contributed by atoms with Gasteiger partial charge in [0.1, 0.15) is 9.79 Å². The van der Waals surface area contributed by atoms with E-state index in [4.69, 9.17) is 0 Å². The van der Waals surface area contributed by atoms with Crippen molar-refractivity contribution in [1.82, 2.24) is 12.3 Å². The van der Waals surface area contributed by atoms with E-state index in [-0.39, 0.29) is 17.9 Å². The van der Waals surface area contributed by atoms with Crippen LogP contribution in [0, 0.1) is 0 Å². The Labute approximate surface area is 163 Å². The van der Waals surface area contributed by atoms with Crippen LogP contribution < -0.4 is 12.3 Å². The topological polar surface area (TPSA) is 179 Å². The second-order valence-electron chi connectivity index (χ2n) is 5.50. The van der Waals surface area contributed by atoms with Crippen LogP contribution in [-0.2, 0) is 20.2 Å². The molecule has 3 rings (SSSR count). The Kier molecular flexibility index (Phi) is 7.20. The van der Waals surface area contributed by atoms with E-state index in [2.05, 4.69) is 0 Å². The normalized spacial score (nSPS) is 11.2. The van der Waals surface area contributed by atoms with Crippen LogP contribution in [0.4, 0.5) is 0 Å². The highest BCUT2D eigenvalue weighted by atomic mass is 32.2. The first-order valence-electron chi connectivity index (χ1n) is 7.42. The van der Waals surface area contributed by atoms with Gasteiger partial charge in [0.05, 0.1) is 0 Å². The average molecular weight is 425 g/mol. The monoisotopic (exact) mass is 424 g/mol. The molecular weight excluding hydrogens is 404 g/mol. The molecule has 0 saturated carbocycles. The summed E-state index contributed by atoms with van der Waals surface area (Å²) in [5.41, 5.74) is 1.40.